The molecule has 0 aliphatic carbocycles. The normalized spacial score (nSPS) is 16.7. The van der Waals surface area contributed by atoms with E-state index in [0.29, 0.717) is 6.42 Å². The lowest BCUT2D eigenvalue weighted by atomic mass is 9.96. The quantitative estimate of drug-likeness (QED) is 0.883. The lowest BCUT2D eigenvalue weighted by Gasteiger charge is -2.22. The van der Waals surface area contributed by atoms with Crippen LogP contribution >= 0.6 is 12.4 Å². The van der Waals surface area contributed by atoms with Crippen molar-refractivity contribution in [1.82, 2.24) is 0 Å². The summed E-state index contributed by atoms with van der Waals surface area (Å²) < 4.78 is 0. The van der Waals surface area contributed by atoms with Crippen LogP contribution in [0.1, 0.15) is 30.0 Å². The summed E-state index contributed by atoms with van der Waals surface area (Å²) in [5, 5.41) is 10.4. The van der Waals surface area contributed by atoms with E-state index in [0.717, 1.165) is 24.2 Å². The molecule has 0 aromatic heterocycles. The molecule has 1 heterocycles. The second-order valence-electron chi connectivity index (χ2n) is 6.07. The number of benzene rings is 2. The molecule has 1 saturated heterocycles. The maximum Gasteiger partial charge on any atom is 0.0773 e. The average molecular weight is 333 g/mol. The van der Waals surface area contributed by atoms with Gasteiger partial charge in [-0.05, 0) is 36.1 Å². The van der Waals surface area contributed by atoms with Crippen molar-refractivity contribution < 1.29 is 5.11 Å². The number of nitrogens with zero attached hydrogens (tertiary/aromatic N) is 1. The van der Waals surface area contributed by atoms with Gasteiger partial charge in [0.1, 0.15) is 0 Å². The summed E-state index contributed by atoms with van der Waals surface area (Å²) in [7, 11) is 0. The third kappa shape index (κ3) is 4.47. The molecular weight excluding hydrogens is 308 g/mol. The molecule has 2 atom stereocenters. The van der Waals surface area contributed by atoms with E-state index in [2.05, 4.69) is 17.0 Å². The van der Waals surface area contributed by atoms with Gasteiger partial charge in [0.05, 0.1) is 12.1 Å². The molecule has 2 aromatic carbocycles. The van der Waals surface area contributed by atoms with Crippen LogP contribution in [-0.4, -0.2) is 24.3 Å². The van der Waals surface area contributed by atoms with Crippen LogP contribution in [-0.2, 0) is 6.42 Å². The fourth-order valence-electron chi connectivity index (χ4n) is 3.09. The zero-order valence-electron chi connectivity index (χ0n) is 13.3. The van der Waals surface area contributed by atoms with Crippen LogP contribution in [0.25, 0.3) is 0 Å². The van der Waals surface area contributed by atoms with Crippen molar-refractivity contribution in [2.24, 2.45) is 5.73 Å². The first-order valence-corrected chi connectivity index (χ1v) is 8.06. The molecule has 1 aliphatic rings. The fourth-order valence-corrected chi connectivity index (χ4v) is 3.09. The molecule has 0 unspecified atom stereocenters. The van der Waals surface area contributed by atoms with Gasteiger partial charge in [-0.15, -0.1) is 12.4 Å². The minimum atomic E-state index is -0.569. The van der Waals surface area contributed by atoms with E-state index >= 15 is 0 Å². The van der Waals surface area contributed by atoms with Crippen LogP contribution in [0.5, 0.6) is 0 Å². The molecule has 2 aromatic rings. The first-order valence-electron chi connectivity index (χ1n) is 8.06. The lowest BCUT2D eigenvalue weighted by Crippen LogP contribution is -2.28. The Labute approximate surface area is 144 Å². The van der Waals surface area contributed by atoms with Crippen molar-refractivity contribution in [2.75, 3.05) is 18.0 Å². The second-order valence-corrected chi connectivity index (χ2v) is 6.07. The van der Waals surface area contributed by atoms with Crippen molar-refractivity contribution >= 4 is 18.1 Å². The highest BCUT2D eigenvalue weighted by molar-refractivity contribution is 5.85. The predicted molar refractivity (Wildman–Crippen MR) is 98.2 cm³/mol. The number of rotatable bonds is 5. The predicted octanol–water partition coefficient (Wildman–Crippen LogP) is 3.31. The number of anilines is 1. The van der Waals surface area contributed by atoms with Gasteiger partial charge in [-0.25, -0.2) is 0 Å². The smallest absolute Gasteiger partial charge is 0.0773 e. The van der Waals surface area contributed by atoms with E-state index in [1.165, 1.54) is 18.5 Å². The Morgan fingerprint density at radius 3 is 2.17 bits per heavy atom. The standard InChI is InChI=1S/C19H24N2O.ClH/c20-19(18(22)14-15-6-2-1-3-7-15)16-8-10-17(11-9-16)21-12-4-5-13-21;/h1-3,6-11,18-19,22H,4-5,12-14,20H2;1H/t18-,19+;/m0./s1. The first-order chi connectivity index (χ1) is 10.7. The molecule has 3 N–H and O–H groups in total. The van der Waals surface area contributed by atoms with Gasteiger partial charge in [-0.1, -0.05) is 42.5 Å². The zero-order valence-corrected chi connectivity index (χ0v) is 14.1. The maximum atomic E-state index is 10.4. The Morgan fingerprint density at radius 2 is 1.57 bits per heavy atom. The van der Waals surface area contributed by atoms with Gasteiger partial charge in [-0.2, -0.15) is 0 Å². The summed E-state index contributed by atoms with van der Waals surface area (Å²) in [5.41, 5.74) is 9.58. The molecule has 3 nitrogen and oxygen atoms in total. The number of nitrogens with two attached hydrogens (primary N) is 1. The highest BCUT2D eigenvalue weighted by atomic mass is 35.5. The molecular formula is C19H25ClN2O. The Hall–Kier alpha value is -1.55. The van der Waals surface area contributed by atoms with Crippen LogP contribution in [0.2, 0.25) is 0 Å². The number of hydrogen-bond acceptors (Lipinski definition) is 3. The van der Waals surface area contributed by atoms with Crippen LogP contribution in [0.4, 0.5) is 5.69 Å². The first kappa shape index (κ1) is 17.8. The van der Waals surface area contributed by atoms with Crippen LogP contribution < -0.4 is 10.6 Å². The third-order valence-electron chi connectivity index (χ3n) is 4.45. The van der Waals surface area contributed by atoms with Crippen molar-refractivity contribution in [3.8, 4) is 0 Å². The Balaban J connectivity index is 0.00000192. The van der Waals surface area contributed by atoms with E-state index in [1.54, 1.807) is 0 Å². The molecule has 0 saturated carbocycles. The summed E-state index contributed by atoms with van der Waals surface area (Å²) in [6.45, 7) is 2.28. The van der Waals surface area contributed by atoms with E-state index in [9.17, 15) is 5.11 Å². The molecule has 0 amide bonds. The van der Waals surface area contributed by atoms with Crippen molar-refractivity contribution in [2.45, 2.75) is 31.4 Å². The molecule has 4 heteroatoms. The summed E-state index contributed by atoms with van der Waals surface area (Å²) in [6.07, 6.45) is 2.56. The second kappa shape index (κ2) is 8.34. The summed E-state index contributed by atoms with van der Waals surface area (Å²) in [4.78, 5) is 2.40. The third-order valence-corrected chi connectivity index (χ3v) is 4.45. The van der Waals surface area contributed by atoms with Gasteiger partial charge in [0, 0.05) is 25.2 Å². The zero-order chi connectivity index (χ0) is 15.4. The van der Waals surface area contributed by atoms with Crippen molar-refractivity contribution in [3.63, 3.8) is 0 Å². The Bertz CT molecular complexity index is 582. The minimum Gasteiger partial charge on any atom is -0.391 e. The lowest BCUT2D eigenvalue weighted by molar-refractivity contribution is 0.145. The summed E-state index contributed by atoms with van der Waals surface area (Å²) in [6, 6.07) is 18.0. The van der Waals surface area contributed by atoms with E-state index in [1.807, 2.05) is 42.5 Å². The van der Waals surface area contributed by atoms with E-state index in [-0.39, 0.29) is 18.4 Å². The molecule has 1 aliphatic heterocycles. The molecule has 0 radical (unpaired) electrons. The highest BCUT2D eigenvalue weighted by Crippen LogP contribution is 2.24. The summed E-state index contributed by atoms with van der Waals surface area (Å²) in [5.74, 6) is 0. The van der Waals surface area contributed by atoms with Crippen LogP contribution in [0, 0.1) is 0 Å². The molecule has 3 rings (SSSR count). The Morgan fingerprint density at radius 1 is 0.957 bits per heavy atom. The molecule has 0 bridgehead atoms. The van der Waals surface area contributed by atoms with Crippen molar-refractivity contribution in [1.29, 1.82) is 0 Å². The number of halogens is 1. The van der Waals surface area contributed by atoms with Crippen molar-refractivity contribution in [3.05, 3.63) is 65.7 Å². The van der Waals surface area contributed by atoms with Gasteiger partial charge in [0.15, 0.2) is 0 Å². The summed E-state index contributed by atoms with van der Waals surface area (Å²) >= 11 is 0. The topological polar surface area (TPSA) is 49.5 Å². The molecule has 1 fully saturated rings. The highest BCUT2D eigenvalue weighted by Gasteiger charge is 2.18. The SMILES string of the molecule is Cl.N[C@H](c1ccc(N2CCCC2)cc1)[C@@H](O)Cc1ccccc1. The van der Waals surface area contributed by atoms with Gasteiger partial charge in [0.2, 0.25) is 0 Å². The maximum absolute atomic E-state index is 10.4. The number of aliphatic hydroxyl groups is 1. The van der Waals surface area contributed by atoms with Gasteiger partial charge in [0.25, 0.3) is 0 Å². The molecule has 0 spiro atoms. The van der Waals surface area contributed by atoms with E-state index < -0.39 is 6.10 Å². The average Bonchev–Trinajstić information content (AvgIpc) is 3.10. The van der Waals surface area contributed by atoms with Crippen LogP contribution in [0.3, 0.4) is 0 Å². The monoisotopic (exact) mass is 332 g/mol. The minimum absolute atomic E-state index is 0. The van der Waals surface area contributed by atoms with Gasteiger partial charge >= 0.3 is 0 Å². The van der Waals surface area contributed by atoms with Gasteiger partial charge < -0.3 is 15.7 Å². The van der Waals surface area contributed by atoms with Crippen LogP contribution in [0.15, 0.2) is 54.6 Å². The number of aliphatic hydroxyl groups excluding tert-OH is 1. The van der Waals surface area contributed by atoms with E-state index in [4.69, 9.17) is 5.73 Å². The Kier molecular flexibility index (Phi) is 6.46. The number of hydrogen-bond donors (Lipinski definition) is 2. The fraction of sp³-hybridized carbons (Fsp3) is 0.368. The van der Waals surface area contributed by atoms with Gasteiger partial charge in [-0.3, -0.25) is 0 Å². The molecule has 23 heavy (non-hydrogen) atoms. The molecule has 124 valence electrons. The largest absolute Gasteiger partial charge is 0.391 e.